The van der Waals surface area contributed by atoms with E-state index in [4.69, 9.17) is 19.4 Å². The number of ether oxygens (including phenoxy) is 2. The number of aromatic nitrogens is 2. The third-order valence-electron chi connectivity index (χ3n) is 5.55. The maximum atomic E-state index is 12.9. The fourth-order valence-corrected chi connectivity index (χ4v) is 3.81. The Labute approximate surface area is 178 Å². The summed E-state index contributed by atoms with van der Waals surface area (Å²) in [4.78, 5) is 24.4. The molecule has 30 heavy (non-hydrogen) atoms. The van der Waals surface area contributed by atoms with E-state index in [1.165, 1.54) is 0 Å². The van der Waals surface area contributed by atoms with Gasteiger partial charge in [-0.15, -0.1) is 0 Å². The molecule has 1 saturated heterocycles. The molecule has 3 atom stereocenters. The van der Waals surface area contributed by atoms with Crippen LogP contribution >= 0.6 is 0 Å². The average Bonchev–Trinajstić information content (AvgIpc) is 2.73. The first-order valence-electron chi connectivity index (χ1n) is 10.7. The number of nitrogens with zero attached hydrogens (tertiary/aromatic N) is 4. The van der Waals surface area contributed by atoms with E-state index < -0.39 is 11.9 Å². The van der Waals surface area contributed by atoms with Crippen LogP contribution in [0.15, 0.2) is 24.3 Å². The van der Waals surface area contributed by atoms with Crippen molar-refractivity contribution in [3.05, 3.63) is 30.0 Å². The van der Waals surface area contributed by atoms with E-state index in [9.17, 15) is 10.1 Å². The van der Waals surface area contributed by atoms with Gasteiger partial charge >= 0.3 is 5.97 Å². The zero-order chi connectivity index (χ0) is 21.7. The maximum Gasteiger partial charge on any atom is 0.329 e. The van der Waals surface area contributed by atoms with Crippen LogP contribution in [0.1, 0.15) is 52.1 Å². The Morgan fingerprint density at radius 2 is 1.80 bits per heavy atom. The highest BCUT2D eigenvalue weighted by Crippen LogP contribution is 2.30. The molecule has 0 radical (unpaired) electrons. The van der Waals surface area contributed by atoms with Gasteiger partial charge in [-0.3, -0.25) is 4.79 Å². The first kappa shape index (κ1) is 22.0. The molecule has 0 unspecified atom stereocenters. The van der Waals surface area contributed by atoms with Crippen molar-refractivity contribution < 1.29 is 14.3 Å². The average molecular weight is 411 g/mol. The number of fused-ring (bicyclic) bond motifs is 1. The molecule has 0 bridgehead atoms. The smallest absolute Gasteiger partial charge is 0.329 e. The molecule has 2 aromatic rings. The highest BCUT2D eigenvalue weighted by molar-refractivity contribution is 5.85. The van der Waals surface area contributed by atoms with Crippen molar-refractivity contribution in [2.45, 2.75) is 58.7 Å². The van der Waals surface area contributed by atoms with E-state index in [-0.39, 0.29) is 18.1 Å². The van der Waals surface area contributed by atoms with Gasteiger partial charge in [0, 0.05) is 13.1 Å². The van der Waals surface area contributed by atoms with E-state index in [0.717, 1.165) is 18.4 Å². The maximum absolute atomic E-state index is 12.9. The minimum absolute atomic E-state index is 0.0113. The van der Waals surface area contributed by atoms with Gasteiger partial charge in [-0.1, -0.05) is 38.8 Å². The van der Waals surface area contributed by atoms with Gasteiger partial charge in [0.25, 0.3) is 0 Å². The van der Waals surface area contributed by atoms with Gasteiger partial charge in [-0.05, 0) is 31.9 Å². The fraction of sp³-hybridized carbons (Fsp3) is 0.565. The number of anilines is 1. The lowest BCUT2D eigenvalue weighted by atomic mass is 10.0. The zero-order valence-electron chi connectivity index (χ0n) is 18.2. The minimum Gasteiger partial charge on any atom is -0.464 e. The summed E-state index contributed by atoms with van der Waals surface area (Å²) in [5.41, 5.74) is 1.73. The highest BCUT2D eigenvalue weighted by atomic mass is 16.5. The molecule has 1 aliphatic heterocycles. The molecule has 1 fully saturated rings. The molecule has 0 saturated carbocycles. The Morgan fingerprint density at radius 1 is 1.20 bits per heavy atom. The lowest BCUT2D eigenvalue weighted by Gasteiger charge is -2.37. The monoisotopic (exact) mass is 410 g/mol. The fourth-order valence-electron chi connectivity index (χ4n) is 3.81. The largest absolute Gasteiger partial charge is 0.464 e. The van der Waals surface area contributed by atoms with E-state index in [1.54, 1.807) is 0 Å². The number of carbonyl (C=O) groups excluding carboxylic acids is 1. The highest BCUT2D eigenvalue weighted by Gasteiger charge is 2.33. The topological polar surface area (TPSA) is 88.3 Å². The van der Waals surface area contributed by atoms with Crippen LogP contribution in [0.5, 0.6) is 0 Å². The lowest BCUT2D eigenvalue weighted by molar-refractivity contribution is -0.145. The van der Waals surface area contributed by atoms with E-state index in [2.05, 4.69) is 24.8 Å². The summed E-state index contributed by atoms with van der Waals surface area (Å²) in [7, 11) is 0. The number of carbonyl (C=O) groups is 1. The normalized spacial score (nSPS) is 20.2. The van der Waals surface area contributed by atoms with Crippen molar-refractivity contribution in [2.24, 2.45) is 5.92 Å². The van der Waals surface area contributed by atoms with Crippen LogP contribution in [0, 0.1) is 17.2 Å². The first-order chi connectivity index (χ1) is 14.5. The van der Waals surface area contributed by atoms with Gasteiger partial charge in [0.15, 0.2) is 11.7 Å². The number of rotatable bonds is 7. The molecule has 1 aliphatic rings. The first-order valence-corrected chi connectivity index (χ1v) is 10.7. The Kier molecular flexibility index (Phi) is 7.22. The molecule has 7 heteroatoms. The van der Waals surface area contributed by atoms with Gasteiger partial charge in [-0.25, -0.2) is 9.97 Å². The van der Waals surface area contributed by atoms with E-state index in [0.29, 0.717) is 36.7 Å². The molecule has 0 amide bonds. The van der Waals surface area contributed by atoms with Gasteiger partial charge < -0.3 is 14.4 Å². The predicted molar refractivity (Wildman–Crippen MR) is 115 cm³/mol. The standard InChI is InChI=1S/C23H30N4O3/c1-5-17(6-2)14-29-23(28)18(11-24)21-22(27-12-15(3)30-16(4)13-27)26-20-10-8-7-9-19(20)25-21/h7-10,15-18H,5-6,12-14H2,1-4H3/t15-,16+,18-/m1/s1. The van der Waals surface area contributed by atoms with Crippen LogP contribution in [-0.2, 0) is 14.3 Å². The van der Waals surface area contributed by atoms with Crippen molar-refractivity contribution in [1.29, 1.82) is 5.26 Å². The SMILES string of the molecule is CCC(CC)COC(=O)[C@H](C#N)c1nc2ccccc2nc1N1C[C@@H](C)O[C@@H](C)C1. The van der Waals surface area contributed by atoms with Gasteiger partial charge in [-0.2, -0.15) is 5.26 Å². The van der Waals surface area contributed by atoms with Gasteiger partial charge in [0.2, 0.25) is 0 Å². The molecule has 2 heterocycles. The molecule has 1 aromatic heterocycles. The second kappa shape index (κ2) is 9.86. The summed E-state index contributed by atoms with van der Waals surface area (Å²) in [6.07, 6.45) is 1.87. The third kappa shape index (κ3) is 4.88. The molecule has 3 rings (SSSR count). The summed E-state index contributed by atoms with van der Waals surface area (Å²) in [5.74, 6) is -0.845. The lowest BCUT2D eigenvalue weighted by Crippen LogP contribution is -2.46. The van der Waals surface area contributed by atoms with Crippen molar-refractivity contribution in [1.82, 2.24) is 9.97 Å². The predicted octanol–water partition coefficient (Wildman–Crippen LogP) is 3.83. The van der Waals surface area contributed by atoms with E-state index >= 15 is 0 Å². The van der Waals surface area contributed by atoms with Crippen molar-refractivity contribution in [3.8, 4) is 6.07 Å². The summed E-state index contributed by atoms with van der Waals surface area (Å²) < 4.78 is 11.4. The number of esters is 1. The molecule has 7 nitrogen and oxygen atoms in total. The van der Waals surface area contributed by atoms with Gasteiger partial charge in [0.05, 0.1) is 35.9 Å². The van der Waals surface area contributed by atoms with E-state index in [1.807, 2.05) is 38.1 Å². The number of benzene rings is 1. The van der Waals surface area contributed by atoms with Crippen LogP contribution in [0.25, 0.3) is 11.0 Å². The number of para-hydroxylation sites is 2. The third-order valence-corrected chi connectivity index (χ3v) is 5.55. The van der Waals surface area contributed by atoms with Crippen LogP contribution in [0.3, 0.4) is 0 Å². The second-order valence-electron chi connectivity index (χ2n) is 7.96. The number of hydrogen-bond donors (Lipinski definition) is 0. The Bertz CT molecular complexity index is 912. The van der Waals surface area contributed by atoms with Crippen LogP contribution < -0.4 is 4.90 Å². The quantitative estimate of drug-likeness (QED) is 0.641. The molecule has 0 N–H and O–H groups in total. The van der Waals surface area contributed by atoms with Gasteiger partial charge in [0.1, 0.15) is 5.69 Å². The molecule has 0 spiro atoms. The molecule has 1 aromatic carbocycles. The molecule has 0 aliphatic carbocycles. The second-order valence-corrected chi connectivity index (χ2v) is 7.96. The van der Waals surface area contributed by atoms with Crippen molar-refractivity contribution in [3.63, 3.8) is 0 Å². The number of nitriles is 1. The Balaban J connectivity index is 1.99. The molecular formula is C23H30N4O3. The number of morpholine rings is 1. The van der Waals surface area contributed by atoms with Crippen LogP contribution in [-0.4, -0.2) is 47.8 Å². The summed E-state index contributed by atoms with van der Waals surface area (Å²) in [5, 5.41) is 9.87. The summed E-state index contributed by atoms with van der Waals surface area (Å²) >= 11 is 0. The Hall–Kier alpha value is -2.72. The zero-order valence-corrected chi connectivity index (χ0v) is 18.2. The minimum atomic E-state index is -1.13. The summed E-state index contributed by atoms with van der Waals surface area (Å²) in [6, 6.07) is 9.60. The summed E-state index contributed by atoms with van der Waals surface area (Å²) in [6.45, 7) is 9.68. The number of hydrogen-bond acceptors (Lipinski definition) is 7. The van der Waals surface area contributed by atoms with Crippen LogP contribution in [0.4, 0.5) is 5.82 Å². The molecular weight excluding hydrogens is 380 g/mol. The van der Waals surface area contributed by atoms with Crippen LogP contribution in [0.2, 0.25) is 0 Å². The Morgan fingerprint density at radius 3 is 2.37 bits per heavy atom. The van der Waals surface area contributed by atoms with Crippen molar-refractivity contribution >= 4 is 22.8 Å². The molecule has 160 valence electrons. The van der Waals surface area contributed by atoms with Crippen molar-refractivity contribution in [2.75, 3.05) is 24.6 Å².